The molecule has 37 nitrogen and oxygen atoms in total. The first kappa shape index (κ1) is 92.7. The van der Waals surface area contributed by atoms with Crippen LogP contribution in [0.1, 0.15) is 189 Å². The summed E-state index contributed by atoms with van der Waals surface area (Å²) in [5, 5.41) is 149. The number of halogens is 1. The summed E-state index contributed by atoms with van der Waals surface area (Å²) in [6.45, 7) is 8.71. The SMILES string of the molecule is CCCCCCCCCCCCCN[C@@]1(C)C[C@H](O[C@H]2[C@H](Oc3c4cc5cc3Oc3ccc(cc3Cl)[C@@H](O)C(NC(=O)[C@H](CC(C)C)NC)C(=O)N[C@@H](CC(N)=O)C(=O)N[C@H]5C(=O)NC3C(=O)N[C@H](C(=O)N[C@H](C(=O)NC(CC(=O)O)C(=O)O)c5cc(O)cc(O)c5-c5cc3ccc5O)[C@H](O)c3ccc(cc3)O4)O[C@H](CO)[C@@H](O)[C@@H]2O)O[C@@H](C)[C@H]1O. The number of carbonyl (C=O) groups is 10. The third-order valence-corrected chi connectivity index (χ3v) is 22.3. The van der Waals surface area contributed by atoms with Crippen LogP contribution in [-0.4, -0.2) is 221 Å². The molecule has 7 heterocycles. The Kier molecular flexibility index (Phi) is 31.7. The van der Waals surface area contributed by atoms with Crippen molar-refractivity contribution in [1.29, 1.82) is 0 Å². The molecule has 0 radical (unpaired) electrons. The van der Waals surface area contributed by atoms with Crippen LogP contribution in [0.4, 0.5) is 0 Å². The Bertz CT molecular complexity index is 4580. The predicted molar refractivity (Wildman–Crippen MR) is 429 cm³/mol. The number of likely N-dealkylation sites (N-methyl/N-ethyl adjacent to an activating group) is 1. The number of hydrogen-bond donors (Lipinski definition) is 21. The van der Waals surface area contributed by atoms with Gasteiger partial charge in [-0.15, -0.1) is 0 Å². The lowest BCUT2D eigenvalue weighted by Gasteiger charge is -2.48. The number of rotatable bonds is 30. The number of carboxylic acids is 2. The first-order chi connectivity index (χ1) is 57.5. The van der Waals surface area contributed by atoms with Crippen molar-refractivity contribution < 1.29 is 133 Å². The van der Waals surface area contributed by atoms with Crippen LogP contribution in [0.2, 0.25) is 5.02 Å². The Balaban J connectivity index is 1.16. The molecule has 22 N–H and O–H groups in total. The number of carboxylic acid groups (broad SMARTS) is 2. The van der Waals surface area contributed by atoms with Crippen LogP contribution in [-0.2, 0) is 62.2 Å². The molecule has 0 aromatic heterocycles. The highest BCUT2D eigenvalue weighted by molar-refractivity contribution is 6.32. The summed E-state index contributed by atoms with van der Waals surface area (Å²) < 4.78 is 39.5. The standard InChI is InChI=1S/C83H107ClN10O27/c1-7-8-9-10-11-12-13-14-15-16-17-26-87-83(5)36-60(116-39(4)73(83)106)120-72-70(105)69(104)57(37-95)119-82(72)121-71-55-30-43-31-56(71)118-54-25-21-42(29-48(54)84)68(103)66(93-74(107)49(86-6)27-38(2)3)79(112)88-50(34-58(85)99)75(108)90-63(43)77(110)91-62-41-20-24-52(97)46(28-41)61-47(32-44(96)33-53(61)98)64(78(111)89-51(81(114)115)35-59(100)101)92-80(113)65(94-76(62)109)67(102)40-18-22-45(117-55)23-19-40/h18-25,28-33,38-39,49-51,57,60,62-70,72-73,82,86-87,95-98,102-106H,7-17,26-27,34-37H2,1-6H3,(H2,85,99)(H,88,112)(H,89,111)(H,90,108)(H,91,110)(H,92,113)(H,93,107)(H,94,109)(H,100,101)(H,114,115)/t39-,49-,50-,51?,57+,60-,62?,63+,64-,65-,66?,67+,68+,69+,70-,72+,73+,82-,83-/m0/s1. The van der Waals surface area contributed by atoms with Crippen LogP contribution < -0.4 is 67.8 Å². The summed E-state index contributed by atoms with van der Waals surface area (Å²) in [7, 11) is 1.47. The molecule has 0 aliphatic carbocycles. The van der Waals surface area contributed by atoms with Crippen molar-refractivity contribution >= 4 is 70.8 Å². The molecule has 11 bridgehead atoms. The molecule has 19 atom stereocenters. The molecule has 8 amide bonds. The predicted octanol–water partition coefficient (Wildman–Crippen LogP) is 3.35. The second-order valence-electron chi connectivity index (χ2n) is 31.6. The minimum atomic E-state index is -2.37. The van der Waals surface area contributed by atoms with Gasteiger partial charge in [-0.05, 0) is 129 Å². The number of nitrogens with one attached hydrogen (secondary N) is 9. The van der Waals surface area contributed by atoms with E-state index in [1.54, 1.807) is 13.8 Å². The Morgan fingerprint density at radius 3 is 1.93 bits per heavy atom. The highest BCUT2D eigenvalue weighted by Crippen LogP contribution is 2.49. The summed E-state index contributed by atoms with van der Waals surface area (Å²) in [4.78, 5) is 145. The van der Waals surface area contributed by atoms with Crippen LogP contribution >= 0.6 is 11.6 Å². The van der Waals surface area contributed by atoms with Crippen LogP contribution in [0.15, 0.2) is 84.9 Å². The van der Waals surface area contributed by atoms with Crippen molar-refractivity contribution in [2.24, 2.45) is 11.7 Å². The lowest BCUT2D eigenvalue weighted by molar-refractivity contribution is -0.334. The number of ether oxygens (including phenoxy) is 6. The van der Waals surface area contributed by atoms with Crippen LogP contribution in [0, 0.1) is 5.92 Å². The lowest BCUT2D eigenvalue weighted by Crippen LogP contribution is -2.65. The summed E-state index contributed by atoms with van der Waals surface area (Å²) in [5.74, 6) is -19.5. The fraction of sp³-hybridized carbons (Fsp3) is 0.518. The van der Waals surface area contributed by atoms with Gasteiger partial charge in [-0.25, -0.2) is 4.79 Å². The topological polar surface area (TPSA) is 583 Å². The number of carbonyl (C=O) groups excluding carboxylic acids is 8. The maximum absolute atomic E-state index is 16.3. The number of aliphatic hydroxyl groups excluding tert-OH is 6. The molecular formula is C83H107ClN10O27. The molecule has 121 heavy (non-hydrogen) atoms. The van der Waals surface area contributed by atoms with E-state index in [1.807, 2.05) is 19.2 Å². The largest absolute Gasteiger partial charge is 0.508 e. The van der Waals surface area contributed by atoms with Gasteiger partial charge in [-0.2, -0.15) is 0 Å². The van der Waals surface area contributed by atoms with Gasteiger partial charge in [0.25, 0.3) is 0 Å². The van der Waals surface area contributed by atoms with Crippen molar-refractivity contribution in [3.8, 4) is 57.1 Å². The Morgan fingerprint density at radius 1 is 0.669 bits per heavy atom. The number of aromatic hydroxyl groups is 3. The highest BCUT2D eigenvalue weighted by atomic mass is 35.5. The molecule has 2 saturated heterocycles. The smallest absolute Gasteiger partial charge is 0.326 e. The maximum atomic E-state index is 16.3. The molecule has 2 fully saturated rings. The van der Waals surface area contributed by atoms with Gasteiger partial charge in [0.1, 0.15) is 102 Å². The van der Waals surface area contributed by atoms with E-state index in [-0.39, 0.29) is 46.4 Å². The molecule has 0 saturated carbocycles. The van der Waals surface area contributed by atoms with Crippen molar-refractivity contribution in [1.82, 2.24) is 47.9 Å². The molecular weight excluding hydrogens is 1600 g/mol. The van der Waals surface area contributed by atoms with Crippen molar-refractivity contribution in [2.75, 3.05) is 20.2 Å². The Hall–Kier alpha value is -10.6. The number of nitrogens with two attached hydrogens (primary N) is 1. The minimum absolute atomic E-state index is 0.0915. The second kappa shape index (κ2) is 41.3. The number of phenols is 3. The fourth-order valence-electron chi connectivity index (χ4n) is 15.4. The van der Waals surface area contributed by atoms with E-state index < -0.39 is 256 Å². The quantitative estimate of drug-likeness (QED) is 0.0293. The van der Waals surface area contributed by atoms with Gasteiger partial charge in [-0.1, -0.05) is 121 Å². The molecule has 5 aromatic carbocycles. The zero-order chi connectivity index (χ0) is 88.0. The van der Waals surface area contributed by atoms with Crippen molar-refractivity contribution in [2.45, 2.75) is 246 Å². The molecule has 658 valence electrons. The first-order valence-corrected chi connectivity index (χ1v) is 40.6. The van der Waals surface area contributed by atoms with Gasteiger partial charge < -0.3 is 138 Å². The molecule has 0 spiro atoms. The number of aliphatic carboxylic acids is 2. The minimum Gasteiger partial charge on any atom is -0.508 e. The van der Waals surface area contributed by atoms with Crippen LogP contribution in [0.5, 0.6) is 46.0 Å². The zero-order valence-corrected chi connectivity index (χ0v) is 68.2. The number of aliphatic hydroxyl groups is 6. The summed E-state index contributed by atoms with van der Waals surface area (Å²) in [5.41, 5.74) is 1.57. The van der Waals surface area contributed by atoms with E-state index in [0.717, 1.165) is 80.6 Å². The third-order valence-electron chi connectivity index (χ3n) is 22.0. The summed E-state index contributed by atoms with van der Waals surface area (Å²) >= 11 is 7.16. The lowest BCUT2D eigenvalue weighted by atomic mass is 9.84. The molecule has 7 aliphatic heterocycles. The number of amides is 8. The van der Waals surface area contributed by atoms with E-state index in [9.17, 15) is 80.1 Å². The van der Waals surface area contributed by atoms with Crippen molar-refractivity contribution in [3.05, 3.63) is 118 Å². The van der Waals surface area contributed by atoms with Crippen LogP contribution in [0.25, 0.3) is 11.1 Å². The zero-order valence-electron chi connectivity index (χ0n) is 67.5. The molecule has 38 heteroatoms. The molecule has 3 unspecified atom stereocenters. The van der Waals surface area contributed by atoms with E-state index in [2.05, 4.69) is 49.5 Å². The number of fused-ring (bicyclic) bond motifs is 15. The normalized spacial score (nSPS) is 26.7. The van der Waals surface area contributed by atoms with Crippen molar-refractivity contribution in [3.63, 3.8) is 0 Å². The first-order valence-electron chi connectivity index (χ1n) is 40.3. The highest BCUT2D eigenvalue weighted by Gasteiger charge is 2.52. The summed E-state index contributed by atoms with van der Waals surface area (Å²) in [6, 6.07) is -1.93. The van der Waals surface area contributed by atoms with E-state index in [4.69, 9.17) is 45.8 Å². The number of phenolic OH excluding ortho intramolecular Hbond substituents is 3. The number of benzene rings is 5. The fourth-order valence-corrected chi connectivity index (χ4v) is 15.6. The van der Waals surface area contributed by atoms with Crippen LogP contribution in [0.3, 0.4) is 0 Å². The maximum Gasteiger partial charge on any atom is 0.326 e. The average Bonchev–Trinajstić information content (AvgIpc) is 0.754. The van der Waals surface area contributed by atoms with Gasteiger partial charge in [0.15, 0.2) is 23.9 Å². The number of unbranched alkanes of at least 4 members (excludes halogenated alkanes) is 10. The molecule has 5 aromatic rings. The third kappa shape index (κ3) is 22.8. The summed E-state index contributed by atoms with van der Waals surface area (Å²) in [6.07, 6.45) is -7.40. The Labute approximate surface area is 701 Å². The van der Waals surface area contributed by atoms with E-state index >= 15 is 24.0 Å². The second-order valence-corrected chi connectivity index (χ2v) is 32.0. The molecule has 7 aliphatic rings. The van der Waals surface area contributed by atoms with Gasteiger partial charge in [0.05, 0.1) is 42.7 Å². The Morgan fingerprint density at radius 2 is 1.30 bits per heavy atom. The van der Waals surface area contributed by atoms with Gasteiger partial charge >= 0.3 is 11.9 Å². The number of hydrogen-bond acceptors (Lipinski definition) is 27. The monoisotopic (exact) mass is 1710 g/mol. The molecule has 12 rings (SSSR count). The van der Waals surface area contributed by atoms with E-state index in [1.165, 1.54) is 82.0 Å². The van der Waals surface area contributed by atoms with Gasteiger partial charge in [0, 0.05) is 29.2 Å². The number of primary amides is 1. The average molecular weight is 1710 g/mol. The van der Waals surface area contributed by atoms with Gasteiger partial charge in [-0.3, -0.25) is 43.2 Å². The van der Waals surface area contributed by atoms with Gasteiger partial charge in [0.2, 0.25) is 59.3 Å². The van der Waals surface area contributed by atoms with E-state index in [0.29, 0.717) is 6.54 Å².